The highest BCUT2D eigenvalue weighted by Gasteiger charge is 2.05. The normalized spacial score (nSPS) is 12.4. The van der Waals surface area contributed by atoms with E-state index in [4.69, 9.17) is 22.1 Å². The van der Waals surface area contributed by atoms with Gasteiger partial charge in [0.25, 0.3) is 0 Å². The molecule has 0 aliphatic rings. The van der Waals surface area contributed by atoms with Crippen LogP contribution in [0, 0.1) is 0 Å². The fourth-order valence-electron chi connectivity index (χ4n) is 1.45. The lowest BCUT2D eigenvalue weighted by molar-refractivity contribution is 0.479. The molecule has 0 amide bonds. The Morgan fingerprint density at radius 1 is 1.47 bits per heavy atom. The molecule has 0 aliphatic carbocycles. The summed E-state index contributed by atoms with van der Waals surface area (Å²) in [5.74, 6) is 1.27. The largest absolute Gasteiger partial charge is 0.452 e. The molecule has 0 aliphatic heterocycles. The molecule has 1 heterocycles. The number of nitrogens with zero attached hydrogens (tertiary/aromatic N) is 2. The van der Waals surface area contributed by atoms with Gasteiger partial charge >= 0.3 is 0 Å². The number of aromatic nitrogens is 2. The molecule has 2 rings (SSSR count). The third-order valence-electron chi connectivity index (χ3n) is 2.15. The predicted octanol–water partition coefficient (Wildman–Crippen LogP) is 2.68. The van der Waals surface area contributed by atoms with Crippen molar-refractivity contribution >= 4 is 11.6 Å². The van der Waals surface area contributed by atoms with Gasteiger partial charge < -0.3 is 10.5 Å². The van der Waals surface area contributed by atoms with Crippen LogP contribution in [-0.2, 0) is 6.54 Å². The van der Waals surface area contributed by atoms with E-state index in [1.807, 2.05) is 25.1 Å². The second kappa shape index (κ2) is 5.21. The van der Waals surface area contributed by atoms with Crippen molar-refractivity contribution in [2.75, 3.05) is 0 Å². The van der Waals surface area contributed by atoms with Crippen molar-refractivity contribution in [2.24, 2.45) is 5.73 Å². The third kappa shape index (κ3) is 3.22. The van der Waals surface area contributed by atoms with Gasteiger partial charge in [0.2, 0.25) is 0 Å². The summed E-state index contributed by atoms with van der Waals surface area (Å²) in [5, 5.41) is 4.73. The van der Waals surface area contributed by atoms with E-state index in [1.165, 1.54) is 0 Å². The summed E-state index contributed by atoms with van der Waals surface area (Å²) in [4.78, 5) is 0. The highest BCUT2D eigenvalue weighted by Crippen LogP contribution is 2.28. The molecule has 0 fully saturated rings. The Balaban J connectivity index is 2.09. The first-order chi connectivity index (χ1) is 8.15. The highest BCUT2D eigenvalue weighted by molar-refractivity contribution is 6.32. The zero-order valence-corrected chi connectivity index (χ0v) is 10.3. The van der Waals surface area contributed by atoms with E-state index in [-0.39, 0.29) is 6.04 Å². The maximum atomic E-state index is 5.99. The minimum absolute atomic E-state index is 0.0584. The Kier molecular flexibility index (Phi) is 3.66. The average molecular weight is 252 g/mol. The smallest absolute Gasteiger partial charge is 0.165 e. The molecule has 1 aromatic carbocycles. The Labute approximate surface area is 105 Å². The molecule has 2 N–H and O–H groups in total. The van der Waals surface area contributed by atoms with Crippen LogP contribution in [0.25, 0.3) is 0 Å². The maximum absolute atomic E-state index is 5.99. The van der Waals surface area contributed by atoms with Crippen molar-refractivity contribution in [3.05, 3.63) is 41.7 Å². The fourth-order valence-corrected chi connectivity index (χ4v) is 1.62. The molecule has 1 aromatic heterocycles. The van der Waals surface area contributed by atoms with Gasteiger partial charge in [0.15, 0.2) is 5.75 Å². The summed E-state index contributed by atoms with van der Waals surface area (Å²) in [6, 6.07) is 7.37. The summed E-state index contributed by atoms with van der Waals surface area (Å²) < 4.78 is 7.36. The summed E-state index contributed by atoms with van der Waals surface area (Å²) in [5.41, 5.74) is 5.69. The van der Waals surface area contributed by atoms with Gasteiger partial charge in [-0.3, -0.25) is 4.68 Å². The van der Waals surface area contributed by atoms with Crippen LogP contribution in [-0.4, -0.2) is 15.8 Å². The molecule has 90 valence electrons. The predicted molar refractivity (Wildman–Crippen MR) is 67.4 cm³/mol. The van der Waals surface area contributed by atoms with Gasteiger partial charge in [0, 0.05) is 6.04 Å². The molecule has 0 saturated carbocycles. The SMILES string of the molecule is CC(N)Cn1cc(Oc2ccccc2Cl)cn1. The molecule has 2 aromatic rings. The zero-order valence-electron chi connectivity index (χ0n) is 9.51. The van der Waals surface area contributed by atoms with Gasteiger partial charge in [-0.1, -0.05) is 23.7 Å². The summed E-state index contributed by atoms with van der Waals surface area (Å²) in [7, 11) is 0. The van der Waals surface area contributed by atoms with Gasteiger partial charge in [-0.2, -0.15) is 5.10 Å². The minimum atomic E-state index is 0.0584. The summed E-state index contributed by atoms with van der Waals surface area (Å²) in [6.07, 6.45) is 3.44. The lowest BCUT2D eigenvalue weighted by atomic mass is 10.3. The minimum Gasteiger partial charge on any atom is -0.452 e. The van der Waals surface area contributed by atoms with E-state index >= 15 is 0 Å². The topological polar surface area (TPSA) is 53.1 Å². The van der Waals surface area contributed by atoms with Crippen molar-refractivity contribution in [3.8, 4) is 11.5 Å². The van der Waals surface area contributed by atoms with Crippen molar-refractivity contribution in [1.82, 2.24) is 9.78 Å². The monoisotopic (exact) mass is 251 g/mol. The molecule has 0 bridgehead atoms. The molecule has 17 heavy (non-hydrogen) atoms. The fraction of sp³-hybridized carbons (Fsp3) is 0.250. The number of hydrogen-bond acceptors (Lipinski definition) is 3. The first-order valence-corrected chi connectivity index (χ1v) is 5.73. The van der Waals surface area contributed by atoms with Crippen LogP contribution < -0.4 is 10.5 Å². The van der Waals surface area contributed by atoms with Gasteiger partial charge in [-0.25, -0.2) is 0 Å². The van der Waals surface area contributed by atoms with Gasteiger partial charge in [0.05, 0.1) is 24.0 Å². The number of nitrogens with two attached hydrogens (primary N) is 1. The van der Waals surface area contributed by atoms with Gasteiger partial charge in [-0.15, -0.1) is 0 Å². The number of rotatable bonds is 4. The summed E-state index contributed by atoms with van der Waals surface area (Å²) >= 11 is 5.99. The van der Waals surface area contributed by atoms with E-state index in [2.05, 4.69) is 5.10 Å². The van der Waals surface area contributed by atoms with Crippen LogP contribution >= 0.6 is 11.6 Å². The van der Waals surface area contributed by atoms with Gasteiger partial charge in [0.1, 0.15) is 5.75 Å². The molecule has 0 spiro atoms. The van der Waals surface area contributed by atoms with Gasteiger partial charge in [-0.05, 0) is 19.1 Å². The molecule has 0 radical (unpaired) electrons. The molecular formula is C12H14ClN3O. The van der Waals surface area contributed by atoms with E-state index in [9.17, 15) is 0 Å². The zero-order chi connectivity index (χ0) is 12.3. The summed E-state index contributed by atoms with van der Waals surface area (Å²) in [6.45, 7) is 2.59. The van der Waals surface area contributed by atoms with E-state index < -0.39 is 0 Å². The van der Waals surface area contributed by atoms with Crippen LogP contribution in [0.3, 0.4) is 0 Å². The molecule has 0 saturated heterocycles. The van der Waals surface area contributed by atoms with Crippen LogP contribution in [0.15, 0.2) is 36.7 Å². The van der Waals surface area contributed by atoms with Crippen LogP contribution in [0.4, 0.5) is 0 Å². The quantitative estimate of drug-likeness (QED) is 0.909. The van der Waals surface area contributed by atoms with E-state index in [0.717, 1.165) is 0 Å². The van der Waals surface area contributed by atoms with Crippen molar-refractivity contribution < 1.29 is 4.74 Å². The van der Waals surface area contributed by atoms with Crippen molar-refractivity contribution in [2.45, 2.75) is 19.5 Å². The molecular weight excluding hydrogens is 238 g/mol. The number of ether oxygens (including phenoxy) is 1. The highest BCUT2D eigenvalue weighted by atomic mass is 35.5. The average Bonchev–Trinajstić information content (AvgIpc) is 2.68. The molecule has 5 heteroatoms. The first-order valence-electron chi connectivity index (χ1n) is 5.35. The maximum Gasteiger partial charge on any atom is 0.165 e. The molecule has 1 unspecified atom stereocenters. The second-order valence-electron chi connectivity index (χ2n) is 3.91. The Morgan fingerprint density at radius 2 is 2.24 bits per heavy atom. The number of halogens is 1. The Bertz CT molecular complexity index is 496. The van der Waals surface area contributed by atoms with Crippen LogP contribution in [0.1, 0.15) is 6.92 Å². The van der Waals surface area contributed by atoms with Crippen molar-refractivity contribution in [3.63, 3.8) is 0 Å². The lowest BCUT2D eigenvalue weighted by Gasteiger charge is -2.05. The van der Waals surface area contributed by atoms with Crippen molar-refractivity contribution in [1.29, 1.82) is 0 Å². The number of benzene rings is 1. The Hall–Kier alpha value is -1.52. The molecule has 1 atom stereocenters. The van der Waals surface area contributed by atoms with E-state index in [0.29, 0.717) is 23.1 Å². The molecule has 4 nitrogen and oxygen atoms in total. The number of hydrogen-bond donors (Lipinski definition) is 1. The van der Waals surface area contributed by atoms with Crippen LogP contribution in [0.2, 0.25) is 5.02 Å². The first kappa shape index (κ1) is 12.0. The van der Waals surface area contributed by atoms with Crippen LogP contribution in [0.5, 0.6) is 11.5 Å². The standard InChI is InChI=1S/C12H14ClN3O/c1-9(14)7-16-8-10(6-15-16)17-12-5-3-2-4-11(12)13/h2-6,8-9H,7,14H2,1H3. The van der Waals surface area contributed by atoms with E-state index in [1.54, 1.807) is 23.1 Å². The number of para-hydroxylation sites is 1. The third-order valence-corrected chi connectivity index (χ3v) is 2.46. The second-order valence-corrected chi connectivity index (χ2v) is 4.32. The Morgan fingerprint density at radius 3 is 2.94 bits per heavy atom. The lowest BCUT2D eigenvalue weighted by Crippen LogP contribution is -2.22.